The summed E-state index contributed by atoms with van der Waals surface area (Å²) < 4.78 is 0. The van der Waals surface area contributed by atoms with E-state index in [1.165, 1.54) is 30.9 Å². The Labute approximate surface area is 191 Å². The zero-order valence-corrected chi connectivity index (χ0v) is 19.8. The van der Waals surface area contributed by atoms with Gasteiger partial charge in [-0.2, -0.15) is 0 Å². The predicted octanol–water partition coefficient (Wildman–Crippen LogP) is 6.76. The zero-order chi connectivity index (χ0) is 23.3. The summed E-state index contributed by atoms with van der Waals surface area (Å²) in [6, 6.07) is 4.91. The highest BCUT2D eigenvalue weighted by molar-refractivity contribution is 6.02. The monoisotopic (exact) mass is 436 g/mol. The first-order valence-corrected chi connectivity index (χ1v) is 12.1. The fraction of sp³-hybridized carbons (Fsp3) is 0.571. The molecule has 0 radical (unpaired) electrons. The summed E-state index contributed by atoms with van der Waals surface area (Å²) in [6.45, 7) is 9.34. The molecular weight excluding hydrogens is 400 g/mol. The minimum Gasteiger partial charge on any atom is -0.478 e. The summed E-state index contributed by atoms with van der Waals surface area (Å²) >= 11 is 0. The summed E-state index contributed by atoms with van der Waals surface area (Å²) in [6.07, 6.45) is 12.3. The van der Waals surface area contributed by atoms with Crippen molar-refractivity contribution in [2.24, 2.45) is 28.6 Å². The highest BCUT2D eigenvalue weighted by atomic mass is 16.4. The molecule has 4 nitrogen and oxygen atoms in total. The summed E-state index contributed by atoms with van der Waals surface area (Å²) in [5.41, 5.74) is 3.73. The van der Waals surface area contributed by atoms with E-state index in [9.17, 15) is 19.8 Å². The summed E-state index contributed by atoms with van der Waals surface area (Å²) in [4.78, 5) is 23.7. The van der Waals surface area contributed by atoms with Crippen LogP contribution in [0.5, 0.6) is 0 Å². The van der Waals surface area contributed by atoms with Crippen LogP contribution in [0, 0.1) is 28.6 Å². The maximum atomic E-state index is 12.0. The van der Waals surface area contributed by atoms with Crippen molar-refractivity contribution in [2.75, 3.05) is 0 Å². The Morgan fingerprint density at radius 1 is 1.12 bits per heavy atom. The number of benzene rings is 1. The molecule has 1 aromatic rings. The molecule has 1 saturated carbocycles. The van der Waals surface area contributed by atoms with E-state index >= 15 is 0 Å². The van der Waals surface area contributed by atoms with Crippen LogP contribution in [0.2, 0.25) is 0 Å². The lowest BCUT2D eigenvalue weighted by Gasteiger charge is -2.58. The van der Waals surface area contributed by atoms with Crippen LogP contribution in [0.15, 0.2) is 41.5 Å². The summed E-state index contributed by atoms with van der Waals surface area (Å²) in [5, 5.41) is 19.4. The van der Waals surface area contributed by atoms with E-state index in [0.717, 1.165) is 19.3 Å². The van der Waals surface area contributed by atoms with E-state index in [4.69, 9.17) is 0 Å². The Bertz CT molecular complexity index is 1000. The van der Waals surface area contributed by atoms with Gasteiger partial charge in [-0.3, -0.25) is 0 Å². The number of fused-ring (bicyclic) bond motifs is 3. The molecule has 1 fully saturated rings. The SMILES string of the molecule is CC(C)C1=CC2=CCC3[C@@](C)(Cc4cccc(C(=O)O)c4C(=O)O)CCC[C@]3(C)[C@@H]2CC1. The van der Waals surface area contributed by atoms with Gasteiger partial charge in [0, 0.05) is 0 Å². The first-order valence-electron chi connectivity index (χ1n) is 12.1. The molecule has 4 rings (SSSR count). The number of carboxylic acids is 2. The predicted molar refractivity (Wildman–Crippen MR) is 126 cm³/mol. The van der Waals surface area contributed by atoms with Gasteiger partial charge in [-0.1, -0.05) is 64.0 Å². The minimum absolute atomic E-state index is 0.0392. The van der Waals surface area contributed by atoms with Crippen molar-refractivity contribution in [3.8, 4) is 0 Å². The summed E-state index contributed by atoms with van der Waals surface area (Å²) in [7, 11) is 0. The quantitative estimate of drug-likeness (QED) is 0.535. The Hall–Kier alpha value is -2.36. The Morgan fingerprint density at radius 3 is 2.53 bits per heavy atom. The van der Waals surface area contributed by atoms with E-state index in [1.807, 2.05) is 6.07 Å². The molecule has 0 saturated heterocycles. The van der Waals surface area contributed by atoms with Crippen LogP contribution in [-0.2, 0) is 6.42 Å². The number of aromatic carboxylic acids is 2. The molecule has 0 spiro atoms. The topological polar surface area (TPSA) is 74.6 Å². The van der Waals surface area contributed by atoms with Gasteiger partial charge in [-0.15, -0.1) is 0 Å². The van der Waals surface area contributed by atoms with Crippen LogP contribution in [-0.4, -0.2) is 22.2 Å². The number of allylic oxidation sites excluding steroid dienone is 4. The van der Waals surface area contributed by atoms with E-state index < -0.39 is 11.9 Å². The van der Waals surface area contributed by atoms with Crippen molar-refractivity contribution in [1.82, 2.24) is 0 Å². The number of rotatable bonds is 5. The number of carboxylic acid groups (broad SMARTS) is 2. The molecule has 3 aliphatic rings. The standard InChI is InChI=1S/C28H36O4/c1-17(2)18-9-11-22-19(15-18)10-12-23-27(3,13-6-14-28(22,23)4)16-20-7-5-8-21(25(29)30)24(20)26(31)32/h5,7-8,10,15,17,22-23H,6,9,11-14,16H2,1-4H3,(H,29,30)(H,31,32)/t22-,23?,27-,28-/m1/s1. The largest absolute Gasteiger partial charge is 0.478 e. The second-order valence-electron chi connectivity index (χ2n) is 11.1. The van der Waals surface area contributed by atoms with E-state index in [0.29, 0.717) is 29.7 Å². The molecule has 0 amide bonds. The minimum atomic E-state index is -1.18. The van der Waals surface area contributed by atoms with Gasteiger partial charge >= 0.3 is 11.9 Å². The van der Waals surface area contributed by atoms with Gasteiger partial charge in [0.05, 0.1) is 11.1 Å². The molecule has 3 aliphatic carbocycles. The molecule has 2 N–H and O–H groups in total. The molecule has 0 aromatic heterocycles. The van der Waals surface area contributed by atoms with Crippen molar-refractivity contribution in [3.63, 3.8) is 0 Å². The van der Waals surface area contributed by atoms with Gasteiger partial charge in [0.1, 0.15) is 0 Å². The van der Waals surface area contributed by atoms with E-state index in [1.54, 1.807) is 11.6 Å². The van der Waals surface area contributed by atoms with Crippen molar-refractivity contribution >= 4 is 11.9 Å². The van der Waals surface area contributed by atoms with Gasteiger partial charge in [0.25, 0.3) is 0 Å². The lowest BCUT2D eigenvalue weighted by molar-refractivity contribution is -0.0486. The smallest absolute Gasteiger partial charge is 0.336 e. The second-order valence-corrected chi connectivity index (χ2v) is 11.1. The molecule has 1 unspecified atom stereocenters. The third-order valence-corrected chi connectivity index (χ3v) is 8.89. The van der Waals surface area contributed by atoms with Crippen LogP contribution in [0.4, 0.5) is 0 Å². The van der Waals surface area contributed by atoms with E-state index in [-0.39, 0.29) is 22.0 Å². The molecule has 1 aromatic carbocycles. The van der Waals surface area contributed by atoms with E-state index in [2.05, 4.69) is 39.8 Å². The van der Waals surface area contributed by atoms with Crippen LogP contribution in [0.1, 0.15) is 92.5 Å². The van der Waals surface area contributed by atoms with Gasteiger partial charge in [-0.05, 0) is 84.3 Å². The van der Waals surface area contributed by atoms with Crippen molar-refractivity contribution in [3.05, 3.63) is 58.2 Å². The maximum Gasteiger partial charge on any atom is 0.336 e. The number of hydrogen-bond donors (Lipinski definition) is 2. The molecule has 0 bridgehead atoms. The van der Waals surface area contributed by atoms with Gasteiger partial charge in [0.2, 0.25) is 0 Å². The van der Waals surface area contributed by atoms with Crippen molar-refractivity contribution in [1.29, 1.82) is 0 Å². The van der Waals surface area contributed by atoms with Crippen LogP contribution < -0.4 is 0 Å². The first-order chi connectivity index (χ1) is 15.1. The molecule has 0 aliphatic heterocycles. The van der Waals surface area contributed by atoms with Crippen LogP contribution in [0.3, 0.4) is 0 Å². The first kappa shape index (κ1) is 22.8. The normalized spacial score (nSPS) is 31.9. The fourth-order valence-corrected chi connectivity index (χ4v) is 7.30. The Balaban J connectivity index is 1.72. The third kappa shape index (κ3) is 3.72. The molecule has 172 valence electrons. The highest BCUT2D eigenvalue weighted by Gasteiger charge is 2.54. The van der Waals surface area contributed by atoms with Gasteiger partial charge in [0.15, 0.2) is 0 Å². The zero-order valence-electron chi connectivity index (χ0n) is 19.8. The molecule has 4 heteroatoms. The summed E-state index contributed by atoms with van der Waals surface area (Å²) in [5.74, 6) is -0.711. The molecule has 0 heterocycles. The third-order valence-electron chi connectivity index (χ3n) is 8.89. The lowest BCUT2D eigenvalue weighted by Crippen LogP contribution is -2.51. The fourth-order valence-electron chi connectivity index (χ4n) is 7.30. The lowest BCUT2D eigenvalue weighted by atomic mass is 9.46. The average molecular weight is 437 g/mol. The molecular formula is C28H36O4. The maximum absolute atomic E-state index is 12.0. The Kier molecular flexibility index (Phi) is 5.85. The van der Waals surface area contributed by atoms with Gasteiger partial charge < -0.3 is 10.2 Å². The average Bonchev–Trinajstić information content (AvgIpc) is 2.72. The number of hydrogen-bond acceptors (Lipinski definition) is 2. The highest BCUT2D eigenvalue weighted by Crippen LogP contribution is 2.62. The van der Waals surface area contributed by atoms with Crippen molar-refractivity contribution < 1.29 is 19.8 Å². The van der Waals surface area contributed by atoms with Crippen LogP contribution in [0.25, 0.3) is 0 Å². The molecule has 4 atom stereocenters. The molecule has 32 heavy (non-hydrogen) atoms. The Morgan fingerprint density at radius 2 is 1.88 bits per heavy atom. The van der Waals surface area contributed by atoms with Crippen molar-refractivity contribution in [2.45, 2.75) is 72.6 Å². The second kappa shape index (κ2) is 8.20. The van der Waals surface area contributed by atoms with Gasteiger partial charge in [-0.25, -0.2) is 9.59 Å². The van der Waals surface area contributed by atoms with Crippen LogP contribution >= 0.6 is 0 Å². The number of carbonyl (C=O) groups is 2.